The third kappa shape index (κ3) is 6.72. The number of nitrogens with zero attached hydrogens (tertiary/aromatic N) is 6. The lowest BCUT2D eigenvalue weighted by Gasteiger charge is -2.42. The first-order chi connectivity index (χ1) is 18.1. The third-order valence-corrected chi connectivity index (χ3v) is 6.32. The molecule has 2 aromatic heterocycles. The molecule has 15 nitrogen and oxygen atoms in total. The second kappa shape index (κ2) is 12.5. The smallest absolute Gasteiger partial charge is 0.327 e. The van der Waals surface area contributed by atoms with Gasteiger partial charge in [0.05, 0.1) is 37.1 Å². The van der Waals surface area contributed by atoms with Crippen molar-refractivity contribution in [2.75, 3.05) is 44.7 Å². The van der Waals surface area contributed by atoms with Gasteiger partial charge < -0.3 is 31.5 Å². The Balaban J connectivity index is 1.65. The first-order valence-corrected chi connectivity index (χ1v) is 11.9. The number of anilines is 1. The summed E-state index contributed by atoms with van der Waals surface area (Å²) in [5.41, 5.74) is 5.26. The summed E-state index contributed by atoms with van der Waals surface area (Å²) in [4.78, 5) is 71.6. The third-order valence-electron chi connectivity index (χ3n) is 6.32. The second-order valence-corrected chi connectivity index (χ2v) is 8.92. The van der Waals surface area contributed by atoms with Crippen molar-refractivity contribution in [3.05, 3.63) is 18.6 Å². The summed E-state index contributed by atoms with van der Waals surface area (Å²) < 4.78 is 1.24. The average molecular weight is 527 g/mol. The standard InChI is InChI=1S/C23H30N10O5/c1-14-4-7-32(20(37)3-6-24)12-16(14)31(2)21-15-5-8-33(22(15)30-13-29-21)23(38)28-11-19(36)27-10-18(35)26-9-17(25)34/h5,8,13-14,16H,3-4,7,9-12H2,1-2H3,(H2,25,34)(H,26,35)(H,27,36)(H,28,38)/t14-,16+/m1/s1. The van der Waals surface area contributed by atoms with E-state index >= 15 is 0 Å². The molecule has 0 bridgehead atoms. The molecular weight excluding hydrogens is 496 g/mol. The van der Waals surface area contributed by atoms with E-state index < -0.39 is 30.3 Å². The van der Waals surface area contributed by atoms with E-state index in [2.05, 4.69) is 32.8 Å². The lowest BCUT2D eigenvalue weighted by molar-refractivity contribution is -0.131. The molecule has 0 saturated carbocycles. The zero-order chi connectivity index (χ0) is 27.8. The van der Waals surface area contributed by atoms with E-state index in [0.717, 1.165) is 6.42 Å². The largest absolute Gasteiger partial charge is 0.368 e. The zero-order valence-corrected chi connectivity index (χ0v) is 21.1. The van der Waals surface area contributed by atoms with Crippen LogP contribution >= 0.6 is 0 Å². The van der Waals surface area contributed by atoms with Crippen molar-refractivity contribution in [2.45, 2.75) is 25.8 Å². The molecule has 0 aromatic carbocycles. The zero-order valence-electron chi connectivity index (χ0n) is 21.1. The number of rotatable bonds is 9. The molecule has 15 heteroatoms. The van der Waals surface area contributed by atoms with Gasteiger partial charge in [0.15, 0.2) is 5.65 Å². The van der Waals surface area contributed by atoms with E-state index in [1.165, 1.54) is 17.1 Å². The number of nitrogens with one attached hydrogen (secondary N) is 3. The van der Waals surface area contributed by atoms with Gasteiger partial charge in [-0.25, -0.2) is 14.8 Å². The molecule has 0 unspecified atom stereocenters. The summed E-state index contributed by atoms with van der Waals surface area (Å²) in [6, 6.07) is 2.92. The van der Waals surface area contributed by atoms with Gasteiger partial charge in [0, 0.05) is 26.3 Å². The molecule has 0 radical (unpaired) electrons. The Labute approximate surface area is 218 Å². The second-order valence-electron chi connectivity index (χ2n) is 8.92. The molecular formula is C23H30N10O5. The molecule has 2 aromatic rings. The lowest BCUT2D eigenvalue weighted by atomic mass is 9.92. The predicted molar refractivity (Wildman–Crippen MR) is 134 cm³/mol. The SMILES string of the molecule is C[C@@H]1CCN(C(=O)CC#N)C[C@@H]1N(C)c1ncnc2c1ccn2C(=O)NCC(=O)NCC(=O)NCC(N)=O. The Kier molecular flexibility index (Phi) is 9.14. The van der Waals surface area contributed by atoms with Crippen LogP contribution in [-0.2, 0) is 19.2 Å². The molecule has 38 heavy (non-hydrogen) atoms. The van der Waals surface area contributed by atoms with Crippen LogP contribution in [0.5, 0.6) is 0 Å². The van der Waals surface area contributed by atoms with Crippen molar-refractivity contribution < 1.29 is 24.0 Å². The van der Waals surface area contributed by atoms with Gasteiger partial charge in [0.1, 0.15) is 18.6 Å². The molecule has 5 amide bonds. The molecule has 3 rings (SSSR count). The van der Waals surface area contributed by atoms with Crippen molar-refractivity contribution in [1.29, 1.82) is 5.26 Å². The number of carbonyl (C=O) groups is 5. The number of fused-ring (bicyclic) bond motifs is 1. The van der Waals surface area contributed by atoms with Crippen molar-refractivity contribution in [3.8, 4) is 6.07 Å². The van der Waals surface area contributed by atoms with Gasteiger partial charge in [-0.3, -0.25) is 23.7 Å². The molecule has 1 fully saturated rings. The van der Waals surface area contributed by atoms with E-state index in [-0.39, 0.29) is 37.4 Å². The fraction of sp³-hybridized carbons (Fsp3) is 0.478. The number of likely N-dealkylation sites (N-methyl/N-ethyl adjacent to an activating group) is 1. The lowest BCUT2D eigenvalue weighted by Crippen LogP contribution is -2.52. The van der Waals surface area contributed by atoms with Crippen LogP contribution in [0.1, 0.15) is 19.8 Å². The molecule has 202 valence electrons. The van der Waals surface area contributed by atoms with E-state index in [4.69, 9.17) is 11.0 Å². The number of amides is 5. The monoisotopic (exact) mass is 526 g/mol. The van der Waals surface area contributed by atoms with Crippen LogP contribution in [0.4, 0.5) is 10.6 Å². The van der Waals surface area contributed by atoms with Crippen molar-refractivity contribution >= 4 is 46.5 Å². The fourth-order valence-corrected chi connectivity index (χ4v) is 4.23. The molecule has 0 aliphatic carbocycles. The molecule has 5 N–H and O–H groups in total. The first-order valence-electron chi connectivity index (χ1n) is 11.9. The van der Waals surface area contributed by atoms with E-state index in [1.807, 2.05) is 18.0 Å². The van der Waals surface area contributed by atoms with Gasteiger partial charge in [-0.2, -0.15) is 5.26 Å². The van der Waals surface area contributed by atoms with Crippen molar-refractivity contribution in [3.63, 3.8) is 0 Å². The molecule has 3 heterocycles. The first kappa shape index (κ1) is 27.8. The highest BCUT2D eigenvalue weighted by molar-refractivity contribution is 5.96. The van der Waals surface area contributed by atoms with E-state index in [9.17, 15) is 24.0 Å². The maximum absolute atomic E-state index is 12.8. The summed E-state index contributed by atoms with van der Waals surface area (Å²) >= 11 is 0. The van der Waals surface area contributed by atoms with Gasteiger partial charge in [0.25, 0.3) is 0 Å². The quantitative estimate of drug-likeness (QED) is 0.293. The number of hydrogen-bond donors (Lipinski definition) is 4. The maximum atomic E-state index is 12.8. The number of piperidine rings is 1. The van der Waals surface area contributed by atoms with E-state index in [0.29, 0.717) is 29.9 Å². The summed E-state index contributed by atoms with van der Waals surface area (Å²) in [6.07, 6.45) is 3.45. The van der Waals surface area contributed by atoms with Crippen molar-refractivity contribution in [2.24, 2.45) is 11.7 Å². The number of likely N-dealkylation sites (tertiary alicyclic amines) is 1. The minimum absolute atomic E-state index is 0.0643. The average Bonchev–Trinajstić information content (AvgIpc) is 3.33. The van der Waals surface area contributed by atoms with Gasteiger partial charge in [-0.1, -0.05) is 6.92 Å². The molecule has 2 atom stereocenters. The molecule has 1 aliphatic heterocycles. The fourth-order valence-electron chi connectivity index (χ4n) is 4.23. The summed E-state index contributed by atoms with van der Waals surface area (Å²) in [5, 5.41) is 16.5. The Morgan fingerprint density at radius 2 is 1.82 bits per heavy atom. The Bertz CT molecular complexity index is 1270. The van der Waals surface area contributed by atoms with Crippen LogP contribution in [0.3, 0.4) is 0 Å². The topological polar surface area (TPSA) is 208 Å². The number of carbonyl (C=O) groups excluding carboxylic acids is 5. The Hall–Kier alpha value is -4.74. The number of nitrogens with two attached hydrogens (primary N) is 1. The van der Waals surface area contributed by atoms with Gasteiger partial charge in [-0.05, 0) is 18.4 Å². The van der Waals surface area contributed by atoms with Crippen LogP contribution < -0.4 is 26.6 Å². The minimum Gasteiger partial charge on any atom is -0.368 e. The van der Waals surface area contributed by atoms with Crippen LogP contribution in [0.15, 0.2) is 18.6 Å². The Morgan fingerprint density at radius 3 is 2.50 bits per heavy atom. The predicted octanol–water partition coefficient (Wildman–Crippen LogP) is -1.71. The highest BCUT2D eigenvalue weighted by atomic mass is 16.2. The highest BCUT2D eigenvalue weighted by Gasteiger charge is 2.33. The molecule has 0 spiro atoms. The Morgan fingerprint density at radius 1 is 1.13 bits per heavy atom. The van der Waals surface area contributed by atoms with Crippen LogP contribution in [0.25, 0.3) is 11.0 Å². The summed E-state index contributed by atoms with van der Waals surface area (Å²) in [6.45, 7) is 2.01. The van der Waals surface area contributed by atoms with Crippen LogP contribution in [-0.4, -0.2) is 94.9 Å². The summed E-state index contributed by atoms with van der Waals surface area (Å²) in [5.74, 6) is -1.30. The van der Waals surface area contributed by atoms with Gasteiger partial charge in [0.2, 0.25) is 23.6 Å². The minimum atomic E-state index is -0.713. The van der Waals surface area contributed by atoms with Crippen LogP contribution in [0, 0.1) is 17.2 Å². The number of primary amides is 1. The molecule has 1 aliphatic rings. The number of nitriles is 1. The van der Waals surface area contributed by atoms with Crippen molar-refractivity contribution in [1.82, 2.24) is 35.4 Å². The van der Waals surface area contributed by atoms with Crippen LogP contribution in [0.2, 0.25) is 0 Å². The number of hydrogen-bond acceptors (Lipinski definition) is 9. The summed E-state index contributed by atoms with van der Waals surface area (Å²) in [7, 11) is 1.86. The molecule has 1 saturated heterocycles. The van der Waals surface area contributed by atoms with Gasteiger partial charge in [-0.15, -0.1) is 0 Å². The van der Waals surface area contributed by atoms with E-state index in [1.54, 1.807) is 11.0 Å². The number of aromatic nitrogens is 3. The van der Waals surface area contributed by atoms with Gasteiger partial charge >= 0.3 is 6.03 Å². The highest BCUT2D eigenvalue weighted by Crippen LogP contribution is 2.29. The maximum Gasteiger partial charge on any atom is 0.327 e. The normalized spacial score (nSPS) is 16.8.